The molecule has 6 nitrogen and oxygen atoms in total. The van der Waals surface area contributed by atoms with Gasteiger partial charge in [-0.05, 0) is 267 Å². The van der Waals surface area contributed by atoms with Crippen molar-refractivity contribution in [2.45, 2.75) is 0 Å². The van der Waals surface area contributed by atoms with Gasteiger partial charge in [-0.15, -0.1) is 0 Å². The minimum Gasteiger partial charge on any atom is -0.310 e. The lowest BCUT2D eigenvalue weighted by Crippen LogP contribution is -2.11. The van der Waals surface area contributed by atoms with Crippen LogP contribution in [0.4, 0.5) is 51.2 Å². The first-order chi connectivity index (χ1) is 74.4. The van der Waals surface area contributed by atoms with Crippen LogP contribution >= 0.6 is 0 Å². The lowest BCUT2D eigenvalue weighted by molar-refractivity contribution is 1.18. The second-order valence-corrected chi connectivity index (χ2v) is 38.6. The molecule has 0 atom stereocenters. The van der Waals surface area contributed by atoms with Gasteiger partial charge in [0.1, 0.15) is 0 Å². The molecule has 0 unspecified atom stereocenters. The van der Waals surface area contributed by atoms with Gasteiger partial charge in [0.05, 0.1) is 44.5 Å². The summed E-state index contributed by atoms with van der Waals surface area (Å²) in [5.74, 6) is 0. The SMILES string of the molecule is c1ccc(-c2ccc(N(c3ccc(-c4cccc5ccccc45)cc3)c3cc4c(c5ccccc35)c3ccccc3n4-c3ccccc3)cc2)cc1.c1ccc(-c2ccc(N(c3ccc(-c4ccccc4)cc3)c3cc4c(c5ccccc35)c3ccccc3n4-c3ccccc3)cc2)cc1.c1ccc(-c2ccc(N(c3ccc4ccccc4c3)c3ccc4c(c3)c3c5ccccc5ccc3n4-c3ccc4ccccc4c3)cc2)cc1. The van der Waals surface area contributed by atoms with Gasteiger partial charge in [-0.25, -0.2) is 0 Å². The van der Waals surface area contributed by atoms with Crippen LogP contribution < -0.4 is 14.7 Å². The van der Waals surface area contributed by atoms with E-state index < -0.39 is 0 Å². The fraction of sp³-hybridized carbons (Fsp3) is 0. The molecule has 0 aliphatic heterocycles. The summed E-state index contributed by atoms with van der Waals surface area (Å²) in [6.07, 6.45) is 0. The largest absolute Gasteiger partial charge is 0.310 e. The van der Waals surface area contributed by atoms with Gasteiger partial charge < -0.3 is 28.4 Å². The summed E-state index contributed by atoms with van der Waals surface area (Å²) >= 11 is 0. The predicted molar refractivity (Wildman–Crippen MR) is 639 cm³/mol. The molecule has 29 aromatic rings. The molecule has 0 saturated heterocycles. The summed E-state index contributed by atoms with van der Waals surface area (Å²) in [4.78, 5) is 7.24. The van der Waals surface area contributed by atoms with Crippen molar-refractivity contribution in [2.24, 2.45) is 0 Å². The van der Waals surface area contributed by atoms with Crippen LogP contribution in [-0.2, 0) is 0 Å². The van der Waals surface area contributed by atoms with E-state index in [9.17, 15) is 0 Å². The van der Waals surface area contributed by atoms with Crippen LogP contribution in [-0.4, -0.2) is 13.7 Å². The molecule has 0 bridgehead atoms. The molecule has 29 rings (SSSR count). The van der Waals surface area contributed by atoms with Crippen molar-refractivity contribution in [1.29, 1.82) is 0 Å². The zero-order valence-corrected chi connectivity index (χ0v) is 82.3. The molecule has 3 heterocycles. The molecule has 0 radical (unpaired) electrons. The van der Waals surface area contributed by atoms with E-state index in [1.54, 1.807) is 0 Å². The number of aromatic nitrogens is 3. The molecule has 6 heteroatoms. The maximum Gasteiger partial charge on any atom is 0.0568 e. The van der Waals surface area contributed by atoms with Gasteiger partial charge in [-0.2, -0.15) is 0 Å². The van der Waals surface area contributed by atoms with Crippen LogP contribution in [0, 0.1) is 0 Å². The van der Waals surface area contributed by atoms with Crippen molar-refractivity contribution in [1.82, 2.24) is 13.7 Å². The van der Waals surface area contributed by atoms with Crippen molar-refractivity contribution >= 4 is 181 Å². The highest BCUT2D eigenvalue weighted by atomic mass is 15.2. The van der Waals surface area contributed by atoms with E-state index in [0.717, 1.165) is 68.2 Å². The summed E-state index contributed by atoms with van der Waals surface area (Å²) in [7, 11) is 0. The zero-order valence-electron chi connectivity index (χ0n) is 82.3. The van der Waals surface area contributed by atoms with Crippen LogP contribution in [0.15, 0.2) is 595 Å². The third-order valence-electron chi connectivity index (χ3n) is 29.9. The number of benzene rings is 26. The standard InChI is InChI=1S/C50H34N2.C48H32N2.C46H32N2/c1-3-14-35(15-4-1)36-26-30-40(31-27-36)51(41-32-28-38(29-33-41)43-24-13-17-37-16-7-8-20-42(37)43)48-34-49-50(45-22-10-9-21-44(45)48)46-23-11-12-25-47(46)52(49)39-18-5-2-6-19-39;1-2-10-33(11-3-1)36-18-23-40(24-19-36)49(41-25-20-34-12-4-6-15-38(34)30-41)43-27-29-46-45(32-43)48-44-17-9-8-14-37(44)22-28-47(48)50(46)42-26-21-35-13-5-7-16-39(35)31-42;1-4-14-33(15-5-1)35-24-28-38(29-25-35)47(39-30-26-36(27-31-39)34-16-6-2-7-17-34)44-32-45-46(41-21-11-10-20-40(41)44)42-22-12-13-23-43(42)48(45)37-18-8-3-9-19-37/h1-34H;1-32H;1-32H. The van der Waals surface area contributed by atoms with E-state index in [-0.39, 0.29) is 0 Å². The molecular weight excluding hydrogens is 1810 g/mol. The third kappa shape index (κ3) is 16.3. The van der Waals surface area contributed by atoms with Crippen LogP contribution in [0.25, 0.3) is 203 Å². The molecule has 0 amide bonds. The Morgan fingerprint density at radius 1 is 0.120 bits per heavy atom. The lowest BCUT2D eigenvalue weighted by Gasteiger charge is -2.28. The summed E-state index contributed by atoms with van der Waals surface area (Å²) in [6.45, 7) is 0. The molecule has 0 aliphatic carbocycles. The zero-order chi connectivity index (χ0) is 99.3. The third-order valence-corrected chi connectivity index (χ3v) is 29.9. The number of nitrogens with zero attached hydrogens (tertiary/aromatic N) is 6. The van der Waals surface area contributed by atoms with Gasteiger partial charge in [0.25, 0.3) is 0 Å². The topological polar surface area (TPSA) is 24.5 Å². The van der Waals surface area contributed by atoms with Crippen LogP contribution in [0.2, 0.25) is 0 Å². The molecule has 0 saturated carbocycles. The number of rotatable bonds is 17. The molecule has 704 valence electrons. The quantitative estimate of drug-likeness (QED) is 0.0908. The van der Waals surface area contributed by atoms with Gasteiger partial charge >= 0.3 is 0 Å². The van der Waals surface area contributed by atoms with Crippen molar-refractivity contribution in [3.8, 4) is 72.7 Å². The van der Waals surface area contributed by atoms with Crippen LogP contribution in [0.5, 0.6) is 0 Å². The van der Waals surface area contributed by atoms with Gasteiger partial charge in [0.15, 0.2) is 0 Å². The van der Waals surface area contributed by atoms with Crippen molar-refractivity contribution in [2.75, 3.05) is 14.7 Å². The van der Waals surface area contributed by atoms with E-state index in [0.29, 0.717) is 0 Å². The second kappa shape index (κ2) is 38.6. The molecule has 0 N–H and O–H groups in total. The highest BCUT2D eigenvalue weighted by Crippen LogP contribution is 2.51. The molecule has 26 aromatic carbocycles. The van der Waals surface area contributed by atoms with E-state index in [2.05, 4.69) is 623 Å². The Bertz CT molecular complexity index is 10000. The average molecular weight is 1910 g/mol. The summed E-state index contributed by atoms with van der Waals surface area (Å²) in [5.41, 5.74) is 32.7. The van der Waals surface area contributed by atoms with Crippen LogP contribution in [0.1, 0.15) is 0 Å². The van der Waals surface area contributed by atoms with Gasteiger partial charge in [-0.3, -0.25) is 0 Å². The number of anilines is 9. The molecule has 0 spiro atoms. The maximum absolute atomic E-state index is 2.43. The van der Waals surface area contributed by atoms with Crippen LogP contribution in [0.3, 0.4) is 0 Å². The number of hydrogen-bond acceptors (Lipinski definition) is 3. The smallest absolute Gasteiger partial charge is 0.0568 e. The lowest BCUT2D eigenvalue weighted by atomic mass is 9.97. The second-order valence-electron chi connectivity index (χ2n) is 38.6. The normalized spacial score (nSPS) is 11.5. The molecule has 3 aromatic heterocycles. The minimum atomic E-state index is 1.10. The van der Waals surface area contributed by atoms with Crippen molar-refractivity contribution < 1.29 is 0 Å². The number of fused-ring (bicyclic) bond motifs is 18. The Morgan fingerprint density at radius 2 is 0.400 bits per heavy atom. The van der Waals surface area contributed by atoms with E-state index in [1.807, 2.05) is 0 Å². The Kier molecular flexibility index (Phi) is 22.9. The average Bonchev–Trinajstić information content (AvgIpc) is 1.56. The van der Waals surface area contributed by atoms with Crippen molar-refractivity contribution in [3.05, 3.63) is 595 Å². The monoisotopic (exact) mass is 1910 g/mol. The van der Waals surface area contributed by atoms with E-state index in [4.69, 9.17) is 0 Å². The van der Waals surface area contributed by atoms with Crippen molar-refractivity contribution in [3.63, 3.8) is 0 Å². The maximum atomic E-state index is 2.43. The first-order valence-corrected chi connectivity index (χ1v) is 51.5. The summed E-state index contributed by atoms with van der Waals surface area (Å²) < 4.78 is 7.26. The first kappa shape index (κ1) is 89.0. The Labute approximate surface area is 870 Å². The highest BCUT2D eigenvalue weighted by Gasteiger charge is 2.28. The fourth-order valence-electron chi connectivity index (χ4n) is 22.8. The molecule has 0 fully saturated rings. The van der Waals surface area contributed by atoms with E-state index >= 15 is 0 Å². The molecule has 0 aliphatic rings. The van der Waals surface area contributed by atoms with Gasteiger partial charge in [0.2, 0.25) is 0 Å². The van der Waals surface area contributed by atoms with E-state index in [1.165, 1.54) is 186 Å². The minimum absolute atomic E-state index is 1.10. The van der Waals surface area contributed by atoms with Gasteiger partial charge in [0, 0.05) is 100.0 Å². The Morgan fingerprint density at radius 3 is 0.847 bits per heavy atom. The fourth-order valence-corrected chi connectivity index (χ4v) is 22.8. The Balaban J connectivity index is 0.000000111. The molecule has 150 heavy (non-hydrogen) atoms. The Hall–Kier alpha value is -19.9. The highest BCUT2D eigenvalue weighted by molar-refractivity contribution is 6.27. The predicted octanol–water partition coefficient (Wildman–Crippen LogP) is 40.0. The first-order valence-electron chi connectivity index (χ1n) is 51.5. The number of hydrogen-bond donors (Lipinski definition) is 0. The molecular formula is C144H98N6. The van der Waals surface area contributed by atoms with Gasteiger partial charge in [-0.1, -0.05) is 437 Å². The number of para-hydroxylation sites is 4. The summed E-state index contributed by atoms with van der Waals surface area (Å²) in [5, 5.41) is 22.4. The summed E-state index contributed by atoms with van der Waals surface area (Å²) in [6, 6.07) is 215.